The Labute approximate surface area is 179 Å². The van der Waals surface area contributed by atoms with Crippen LogP contribution in [0.2, 0.25) is 5.02 Å². The van der Waals surface area contributed by atoms with Crippen molar-refractivity contribution in [3.8, 4) is 5.75 Å². The topological polar surface area (TPSA) is 68.0 Å². The standard InChI is InChI=1S/C22H34ClN3O3/c1-22(2,3)29-21(27)26-12-8-18(9-13-26)28-20-5-4-16(14-19(20)23)15-25-10-6-17(24)7-11-25/h4-5,14,17-18H,6-13,15,24H2,1-3H3. The lowest BCUT2D eigenvalue weighted by Crippen LogP contribution is -2.44. The lowest BCUT2D eigenvalue weighted by atomic mass is 10.1. The quantitative estimate of drug-likeness (QED) is 0.791. The van der Waals surface area contributed by atoms with Crippen LogP contribution in [0.4, 0.5) is 4.79 Å². The number of carbonyl (C=O) groups excluding carboxylic acids is 1. The maximum atomic E-state index is 12.2. The number of nitrogens with zero attached hydrogens (tertiary/aromatic N) is 2. The number of hydrogen-bond acceptors (Lipinski definition) is 5. The van der Waals surface area contributed by atoms with Crippen molar-refractivity contribution in [3.05, 3.63) is 28.8 Å². The monoisotopic (exact) mass is 423 g/mol. The van der Waals surface area contributed by atoms with Gasteiger partial charge in [0.15, 0.2) is 0 Å². The van der Waals surface area contributed by atoms with Crippen molar-refractivity contribution in [2.75, 3.05) is 26.2 Å². The Morgan fingerprint density at radius 3 is 2.38 bits per heavy atom. The average molecular weight is 424 g/mol. The number of rotatable bonds is 4. The van der Waals surface area contributed by atoms with Gasteiger partial charge < -0.3 is 20.1 Å². The SMILES string of the molecule is CC(C)(C)OC(=O)N1CCC(Oc2ccc(CN3CCC(N)CC3)cc2Cl)CC1. The van der Waals surface area contributed by atoms with E-state index in [0.717, 1.165) is 45.3 Å². The Morgan fingerprint density at radius 2 is 1.79 bits per heavy atom. The van der Waals surface area contributed by atoms with Crippen molar-refractivity contribution in [2.24, 2.45) is 5.73 Å². The number of nitrogens with two attached hydrogens (primary N) is 1. The van der Waals surface area contributed by atoms with Crippen LogP contribution in [0.15, 0.2) is 18.2 Å². The molecule has 2 N–H and O–H groups in total. The molecule has 0 saturated carbocycles. The van der Waals surface area contributed by atoms with Crippen molar-refractivity contribution in [1.29, 1.82) is 0 Å². The van der Waals surface area contributed by atoms with Crippen molar-refractivity contribution in [3.63, 3.8) is 0 Å². The van der Waals surface area contributed by atoms with E-state index in [1.54, 1.807) is 4.90 Å². The van der Waals surface area contributed by atoms with E-state index < -0.39 is 5.60 Å². The molecule has 2 fully saturated rings. The summed E-state index contributed by atoms with van der Waals surface area (Å²) >= 11 is 6.49. The molecular weight excluding hydrogens is 390 g/mol. The molecule has 1 amide bonds. The van der Waals surface area contributed by atoms with Crippen LogP contribution in [0.25, 0.3) is 0 Å². The molecule has 29 heavy (non-hydrogen) atoms. The van der Waals surface area contributed by atoms with Crippen molar-refractivity contribution in [2.45, 2.75) is 70.7 Å². The second-order valence-electron chi connectivity index (χ2n) is 9.16. The van der Waals surface area contributed by atoms with Gasteiger partial charge in [-0.1, -0.05) is 17.7 Å². The summed E-state index contributed by atoms with van der Waals surface area (Å²) in [5, 5.41) is 0.644. The average Bonchev–Trinajstić information content (AvgIpc) is 2.65. The van der Waals surface area contributed by atoms with Gasteiger partial charge in [0.25, 0.3) is 0 Å². The van der Waals surface area contributed by atoms with Crippen LogP contribution >= 0.6 is 11.6 Å². The third-order valence-corrected chi connectivity index (χ3v) is 5.72. The molecule has 0 atom stereocenters. The van der Waals surface area contributed by atoms with Gasteiger partial charge in [0.1, 0.15) is 17.5 Å². The van der Waals surface area contributed by atoms with Crippen LogP contribution in [0.5, 0.6) is 5.75 Å². The van der Waals surface area contributed by atoms with Crippen molar-refractivity contribution < 1.29 is 14.3 Å². The molecule has 3 rings (SSSR count). The Hall–Kier alpha value is -1.50. The van der Waals surface area contributed by atoms with Crippen molar-refractivity contribution in [1.82, 2.24) is 9.80 Å². The van der Waals surface area contributed by atoms with Gasteiger partial charge in [-0.25, -0.2) is 4.79 Å². The highest BCUT2D eigenvalue weighted by Gasteiger charge is 2.28. The largest absolute Gasteiger partial charge is 0.489 e. The van der Waals surface area contributed by atoms with E-state index in [4.69, 9.17) is 26.8 Å². The van der Waals surface area contributed by atoms with Crippen LogP contribution in [0.1, 0.15) is 52.0 Å². The number of benzene rings is 1. The zero-order chi connectivity index (χ0) is 21.0. The number of halogens is 1. The highest BCUT2D eigenvalue weighted by atomic mass is 35.5. The van der Waals surface area contributed by atoms with Crippen molar-refractivity contribution >= 4 is 17.7 Å². The van der Waals surface area contributed by atoms with E-state index in [9.17, 15) is 4.79 Å². The Kier molecular flexibility index (Phi) is 7.30. The molecule has 0 bridgehead atoms. The summed E-state index contributed by atoms with van der Waals surface area (Å²) < 4.78 is 11.6. The number of hydrogen-bond donors (Lipinski definition) is 1. The number of ether oxygens (including phenoxy) is 2. The van der Waals surface area contributed by atoms with Crippen LogP contribution in [0.3, 0.4) is 0 Å². The molecule has 0 aliphatic carbocycles. The van der Waals surface area contributed by atoms with Crippen LogP contribution in [-0.4, -0.2) is 59.8 Å². The molecule has 1 aromatic carbocycles. The first kappa shape index (κ1) is 22.2. The highest BCUT2D eigenvalue weighted by molar-refractivity contribution is 6.32. The second-order valence-corrected chi connectivity index (χ2v) is 9.57. The van der Waals surface area contributed by atoms with Gasteiger partial charge in [0.2, 0.25) is 0 Å². The van der Waals surface area contributed by atoms with Gasteiger partial charge in [-0.2, -0.15) is 0 Å². The fourth-order valence-corrected chi connectivity index (χ4v) is 4.02. The van der Waals surface area contributed by atoms with Crippen LogP contribution in [-0.2, 0) is 11.3 Å². The number of amides is 1. The molecule has 2 aliphatic heterocycles. The maximum absolute atomic E-state index is 12.2. The summed E-state index contributed by atoms with van der Waals surface area (Å²) in [5.74, 6) is 0.715. The van der Waals surface area contributed by atoms with E-state index >= 15 is 0 Å². The van der Waals surface area contributed by atoms with E-state index in [0.29, 0.717) is 29.9 Å². The summed E-state index contributed by atoms with van der Waals surface area (Å²) in [6.07, 6.45) is 3.45. The first-order valence-corrected chi connectivity index (χ1v) is 11.0. The first-order valence-electron chi connectivity index (χ1n) is 10.6. The molecule has 7 heteroatoms. The summed E-state index contributed by atoms with van der Waals surface area (Å²) in [6, 6.07) is 6.40. The number of carbonyl (C=O) groups is 1. The molecule has 0 spiro atoms. The van der Waals surface area contributed by atoms with Gasteiger partial charge >= 0.3 is 6.09 Å². The minimum atomic E-state index is -0.472. The van der Waals surface area contributed by atoms with Crippen LogP contribution < -0.4 is 10.5 Å². The zero-order valence-electron chi connectivity index (χ0n) is 17.8. The van der Waals surface area contributed by atoms with E-state index in [1.165, 1.54) is 5.56 Å². The molecule has 2 aliphatic rings. The van der Waals surface area contributed by atoms with Gasteiger partial charge in [-0.15, -0.1) is 0 Å². The minimum Gasteiger partial charge on any atom is -0.489 e. The zero-order valence-corrected chi connectivity index (χ0v) is 18.6. The fraction of sp³-hybridized carbons (Fsp3) is 0.682. The third-order valence-electron chi connectivity index (χ3n) is 5.42. The molecule has 0 aromatic heterocycles. The summed E-state index contributed by atoms with van der Waals surface area (Å²) in [6.45, 7) is 9.87. The van der Waals surface area contributed by atoms with Crippen LogP contribution in [0, 0.1) is 0 Å². The second kappa shape index (κ2) is 9.54. The normalized spacial score (nSPS) is 20.0. The predicted molar refractivity (Wildman–Crippen MR) is 115 cm³/mol. The smallest absolute Gasteiger partial charge is 0.410 e. The third kappa shape index (κ3) is 6.76. The van der Waals surface area contributed by atoms with Gasteiger partial charge in [0, 0.05) is 38.5 Å². The van der Waals surface area contributed by atoms with Gasteiger partial charge in [-0.3, -0.25) is 4.90 Å². The Balaban J connectivity index is 1.48. The summed E-state index contributed by atoms with van der Waals surface area (Å²) in [5.41, 5.74) is 6.70. The minimum absolute atomic E-state index is 0.0561. The summed E-state index contributed by atoms with van der Waals surface area (Å²) in [7, 11) is 0. The highest BCUT2D eigenvalue weighted by Crippen LogP contribution is 2.29. The van der Waals surface area contributed by atoms with E-state index in [-0.39, 0.29) is 12.2 Å². The summed E-state index contributed by atoms with van der Waals surface area (Å²) in [4.78, 5) is 16.4. The molecule has 6 nitrogen and oxygen atoms in total. The molecule has 2 saturated heterocycles. The molecular formula is C22H34ClN3O3. The lowest BCUT2D eigenvalue weighted by Gasteiger charge is -2.33. The lowest BCUT2D eigenvalue weighted by molar-refractivity contribution is 0.0126. The molecule has 1 aromatic rings. The maximum Gasteiger partial charge on any atom is 0.410 e. The molecule has 162 valence electrons. The molecule has 0 unspecified atom stereocenters. The Morgan fingerprint density at radius 1 is 1.14 bits per heavy atom. The van der Waals surface area contributed by atoms with Gasteiger partial charge in [0.05, 0.1) is 5.02 Å². The first-order chi connectivity index (χ1) is 13.7. The van der Waals surface area contributed by atoms with Gasteiger partial charge in [-0.05, 0) is 64.4 Å². The number of piperidine rings is 2. The molecule has 2 heterocycles. The predicted octanol–water partition coefficient (Wildman–Crippen LogP) is 4.04. The van der Waals surface area contributed by atoms with E-state index in [2.05, 4.69) is 11.0 Å². The van der Waals surface area contributed by atoms with E-state index in [1.807, 2.05) is 32.9 Å². The fourth-order valence-electron chi connectivity index (χ4n) is 3.77. The molecule has 0 radical (unpaired) electrons. The number of likely N-dealkylation sites (tertiary alicyclic amines) is 2. The Bertz CT molecular complexity index is 691.